The summed E-state index contributed by atoms with van der Waals surface area (Å²) in [5, 5.41) is 3.82. The standard InChI is InChI=1S/C19H25N3O3S/c1-14-6-10-22(11-7-14)26(24,25)17-4-5-18-15(12-17)8-9-21(18)13-19(23)20-16-2-3-16/h4-5,8-9,12,14,16H,2-3,6-7,10-11,13H2,1H3,(H,20,23). The molecule has 0 spiro atoms. The fourth-order valence-electron chi connectivity index (χ4n) is 3.51. The molecule has 4 rings (SSSR count). The van der Waals surface area contributed by atoms with E-state index in [-0.39, 0.29) is 12.5 Å². The first kappa shape index (κ1) is 17.5. The highest BCUT2D eigenvalue weighted by Crippen LogP contribution is 2.26. The number of carbonyl (C=O) groups excluding carboxylic acids is 1. The van der Waals surface area contributed by atoms with Gasteiger partial charge in [0.2, 0.25) is 15.9 Å². The van der Waals surface area contributed by atoms with Crippen molar-refractivity contribution in [2.45, 2.75) is 50.1 Å². The van der Waals surface area contributed by atoms with Crippen LogP contribution in [0.4, 0.5) is 0 Å². The van der Waals surface area contributed by atoms with Crippen molar-refractivity contribution in [3.63, 3.8) is 0 Å². The third-order valence-electron chi connectivity index (χ3n) is 5.38. The maximum Gasteiger partial charge on any atom is 0.243 e. The predicted octanol–water partition coefficient (Wildman–Crippen LogP) is 2.34. The van der Waals surface area contributed by atoms with Crippen LogP contribution in [0.1, 0.15) is 32.6 Å². The molecule has 1 amide bonds. The summed E-state index contributed by atoms with van der Waals surface area (Å²) in [6, 6.07) is 7.40. The van der Waals surface area contributed by atoms with Crippen molar-refractivity contribution >= 4 is 26.8 Å². The van der Waals surface area contributed by atoms with E-state index in [1.807, 2.05) is 16.8 Å². The largest absolute Gasteiger partial charge is 0.352 e. The lowest BCUT2D eigenvalue weighted by atomic mass is 10.0. The van der Waals surface area contributed by atoms with E-state index in [0.717, 1.165) is 36.6 Å². The van der Waals surface area contributed by atoms with E-state index in [1.54, 1.807) is 22.5 Å². The average molecular weight is 375 g/mol. The van der Waals surface area contributed by atoms with Gasteiger partial charge in [-0.15, -0.1) is 0 Å². The number of fused-ring (bicyclic) bond motifs is 1. The van der Waals surface area contributed by atoms with Gasteiger partial charge < -0.3 is 9.88 Å². The van der Waals surface area contributed by atoms with Crippen LogP contribution in [0.3, 0.4) is 0 Å². The van der Waals surface area contributed by atoms with Crippen LogP contribution in [0.2, 0.25) is 0 Å². The van der Waals surface area contributed by atoms with Crippen molar-refractivity contribution in [1.82, 2.24) is 14.2 Å². The molecule has 0 radical (unpaired) electrons. The maximum absolute atomic E-state index is 12.9. The molecule has 1 saturated carbocycles. The monoisotopic (exact) mass is 375 g/mol. The number of piperidine rings is 1. The summed E-state index contributed by atoms with van der Waals surface area (Å²) in [6.45, 7) is 3.60. The summed E-state index contributed by atoms with van der Waals surface area (Å²) in [5.41, 5.74) is 0.877. The first-order chi connectivity index (χ1) is 12.4. The molecule has 2 heterocycles. The summed E-state index contributed by atoms with van der Waals surface area (Å²) in [7, 11) is -3.45. The van der Waals surface area contributed by atoms with Crippen molar-refractivity contribution in [2.75, 3.05) is 13.1 Å². The molecule has 1 aromatic heterocycles. The molecule has 2 aromatic rings. The molecular weight excluding hydrogens is 350 g/mol. The molecule has 0 unspecified atom stereocenters. The van der Waals surface area contributed by atoms with E-state index in [9.17, 15) is 13.2 Å². The number of rotatable bonds is 5. The van der Waals surface area contributed by atoms with Gasteiger partial charge in [0.25, 0.3) is 0 Å². The Balaban J connectivity index is 1.55. The van der Waals surface area contributed by atoms with Gasteiger partial charge in [0.15, 0.2) is 0 Å². The lowest BCUT2D eigenvalue weighted by Gasteiger charge is -2.29. The lowest BCUT2D eigenvalue weighted by molar-refractivity contribution is -0.121. The minimum Gasteiger partial charge on any atom is -0.352 e. The fourth-order valence-corrected chi connectivity index (χ4v) is 5.01. The zero-order chi connectivity index (χ0) is 18.3. The Hall–Kier alpha value is -1.86. The molecule has 2 aliphatic rings. The number of hydrogen-bond acceptors (Lipinski definition) is 3. The van der Waals surface area contributed by atoms with Crippen molar-refractivity contribution in [2.24, 2.45) is 5.92 Å². The molecule has 1 aliphatic heterocycles. The number of sulfonamides is 1. The van der Waals surface area contributed by atoms with Crippen LogP contribution < -0.4 is 5.32 Å². The van der Waals surface area contributed by atoms with Gasteiger partial charge in [-0.2, -0.15) is 4.31 Å². The van der Waals surface area contributed by atoms with E-state index in [1.165, 1.54) is 0 Å². The molecule has 2 fully saturated rings. The first-order valence-corrected chi connectivity index (χ1v) is 10.8. The molecule has 1 aliphatic carbocycles. The van der Waals surface area contributed by atoms with E-state index >= 15 is 0 Å². The van der Waals surface area contributed by atoms with Gasteiger partial charge in [0.1, 0.15) is 6.54 Å². The zero-order valence-electron chi connectivity index (χ0n) is 15.0. The molecule has 7 heteroatoms. The zero-order valence-corrected chi connectivity index (χ0v) is 15.8. The number of aromatic nitrogens is 1. The highest BCUT2D eigenvalue weighted by molar-refractivity contribution is 7.89. The Labute approximate surface area is 154 Å². The summed E-state index contributed by atoms with van der Waals surface area (Å²) in [5.74, 6) is 0.587. The Morgan fingerprint density at radius 2 is 1.88 bits per heavy atom. The van der Waals surface area contributed by atoms with Crippen LogP contribution in [-0.2, 0) is 21.4 Å². The summed E-state index contributed by atoms with van der Waals surface area (Å²) < 4.78 is 29.3. The summed E-state index contributed by atoms with van der Waals surface area (Å²) in [4.78, 5) is 12.4. The van der Waals surface area contributed by atoms with Gasteiger partial charge in [-0.05, 0) is 55.9 Å². The molecular formula is C19H25N3O3S. The van der Waals surface area contributed by atoms with Gasteiger partial charge >= 0.3 is 0 Å². The highest BCUT2D eigenvalue weighted by Gasteiger charge is 2.28. The molecule has 1 N–H and O–H groups in total. The first-order valence-electron chi connectivity index (χ1n) is 9.32. The van der Waals surface area contributed by atoms with E-state index in [2.05, 4.69) is 12.2 Å². The van der Waals surface area contributed by atoms with E-state index in [0.29, 0.717) is 29.9 Å². The van der Waals surface area contributed by atoms with Gasteiger partial charge in [0, 0.05) is 36.2 Å². The summed E-state index contributed by atoms with van der Waals surface area (Å²) >= 11 is 0. The van der Waals surface area contributed by atoms with Crippen molar-refractivity contribution in [3.8, 4) is 0 Å². The third-order valence-corrected chi connectivity index (χ3v) is 7.27. The second-order valence-corrected chi connectivity index (χ2v) is 9.53. The van der Waals surface area contributed by atoms with E-state index in [4.69, 9.17) is 0 Å². The van der Waals surface area contributed by atoms with Gasteiger partial charge in [-0.1, -0.05) is 6.92 Å². The Bertz CT molecular complexity index is 923. The van der Waals surface area contributed by atoms with Crippen molar-refractivity contribution < 1.29 is 13.2 Å². The predicted molar refractivity (Wildman–Crippen MR) is 100 cm³/mol. The van der Waals surface area contributed by atoms with Crippen LogP contribution in [0.5, 0.6) is 0 Å². The van der Waals surface area contributed by atoms with E-state index < -0.39 is 10.0 Å². The lowest BCUT2D eigenvalue weighted by Crippen LogP contribution is -2.37. The SMILES string of the molecule is CC1CCN(S(=O)(=O)c2ccc3c(ccn3CC(=O)NC3CC3)c2)CC1. The van der Waals surface area contributed by atoms with Crippen LogP contribution in [0.25, 0.3) is 10.9 Å². The molecule has 0 bridgehead atoms. The van der Waals surface area contributed by atoms with Gasteiger partial charge in [-0.25, -0.2) is 8.42 Å². The minimum absolute atomic E-state index is 0.00383. The van der Waals surface area contributed by atoms with Crippen LogP contribution in [0, 0.1) is 5.92 Å². The highest BCUT2D eigenvalue weighted by atomic mass is 32.2. The Kier molecular flexibility index (Phi) is 4.52. The topological polar surface area (TPSA) is 71.4 Å². The molecule has 1 saturated heterocycles. The smallest absolute Gasteiger partial charge is 0.243 e. The number of nitrogens with one attached hydrogen (secondary N) is 1. The van der Waals surface area contributed by atoms with Gasteiger partial charge in [-0.3, -0.25) is 4.79 Å². The Morgan fingerprint density at radius 1 is 1.15 bits per heavy atom. The normalized spacial score (nSPS) is 19.7. The number of nitrogens with zero attached hydrogens (tertiary/aromatic N) is 2. The minimum atomic E-state index is -3.45. The molecule has 140 valence electrons. The van der Waals surface area contributed by atoms with Gasteiger partial charge in [0.05, 0.1) is 4.90 Å². The number of hydrogen-bond donors (Lipinski definition) is 1. The van der Waals surface area contributed by atoms with Crippen LogP contribution in [-0.4, -0.2) is 42.3 Å². The second-order valence-electron chi connectivity index (χ2n) is 7.59. The maximum atomic E-state index is 12.9. The number of benzene rings is 1. The average Bonchev–Trinajstić information content (AvgIpc) is 3.34. The molecule has 26 heavy (non-hydrogen) atoms. The Morgan fingerprint density at radius 3 is 2.58 bits per heavy atom. The quantitative estimate of drug-likeness (QED) is 0.872. The van der Waals surface area contributed by atoms with Crippen LogP contribution in [0.15, 0.2) is 35.4 Å². The summed E-state index contributed by atoms with van der Waals surface area (Å²) in [6.07, 6.45) is 5.79. The van der Waals surface area contributed by atoms with Crippen molar-refractivity contribution in [3.05, 3.63) is 30.5 Å². The second kappa shape index (κ2) is 6.70. The number of carbonyl (C=O) groups is 1. The number of amides is 1. The third kappa shape index (κ3) is 3.50. The molecule has 6 nitrogen and oxygen atoms in total. The fraction of sp³-hybridized carbons (Fsp3) is 0.526. The molecule has 1 aromatic carbocycles. The van der Waals surface area contributed by atoms with Crippen molar-refractivity contribution in [1.29, 1.82) is 0 Å². The molecule has 0 atom stereocenters. The van der Waals surface area contributed by atoms with Crippen LogP contribution >= 0.6 is 0 Å².